The van der Waals surface area contributed by atoms with Gasteiger partial charge >= 0.3 is 0 Å². The smallest absolute Gasteiger partial charge is 0.251 e. The van der Waals surface area contributed by atoms with Gasteiger partial charge in [-0.05, 0) is 54.8 Å². The van der Waals surface area contributed by atoms with Crippen LogP contribution < -0.4 is 10.2 Å². The minimum absolute atomic E-state index is 0.108. The van der Waals surface area contributed by atoms with E-state index in [1.54, 1.807) is 6.20 Å². The van der Waals surface area contributed by atoms with E-state index >= 15 is 0 Å². The molecule has 1 amide bonds. The molecule has 4 aromatic rings. The highest BCUT2D eigenvalue weighted by Gasteiger charge is 2.29. The Morgan fingerprint density at radius 2 is 1.85 bits per heavy atom. The van der Waals surface area contributed by atoms with Crippen molar-refractivity contribution in [1.29, 1.82) is 0 Å². The summed E-state index contributed by atoms with van der Waals surface area (Å²) < 4.78 is 5.36. The third-order valence-corrected chi connectivity index (χ3v) is 7.84. The monoisotopic (exact) mass is 524 g/mol. The average Bonchev–Trinajstić information content (AvgIpc) is 3.36. The van der Waals surface area contributed by atoms with E-state index in [2.05, 4.69) is 68.4 Å². The molecule has 2 aliphatic rings. The fourth-order valence-electron chi connectivity index (χ4n) is 5.53. The standard InChI is InChI=1S/C31H36N6O2/c1-21(2)17-29(28-5-3-4-12-32-28)33-31(38)23-8-11-27-26(18-23)30(35-34-27)22-6-9-24(10-7-22)36-13-15-37(16-14-36)25-19-39-20-25/h3-12,18,21,25,29H,13-17,19-20H2,1-2H3,(H,33,38)(H,34,35)/t29-/m0/s1. The molecule has 0 radical (unpaired) electrons. The molecule has 4 heterocycles. The Morgan fingerprint density at radius 1 is 1.05 bits per heavy atom. The predicted molar refractivity (Wildman–Crippen MR) is 154 cm³/mol. The molecule has 8 heteroatoms. The van der Waals surface area contributed by atoms with Crippen LogP contribution >= 0.6 is 0 Å². The molecule has 39 heavy (non-hydrogen) atoms. The van der Waals surface area contributed by atoms with Crippen molar-refractivity contribution < 1.29 is 9.53 Å². The zero-order chi connectivity index (χ0) is 26.8. The van der Waals surface area contributed by atoms with Gasteiger partial charge in [0.15, 0.2) is 0 Å². The Morgan fingerprint density at radius 3 is 2.51 bits per heavy atom. The third-order valence-electron chi connectivity index (χ3n) is 7.84. The number of anilines is 1. The first kappa shape index (κ1) is 25.5. The van der Waals surface area contributed by atoms with Gasteiger partial charge in [-0.3, -0.25) is 19.8 Å². The van der Waals surface area contributed by atoms with Gasteiger partial charge in [0.05, 0.1) is 42.2 Å². The van der Waals surface area contributed by atoms with Crippen LogP contribution in [0.25, 0.3) is 22.2 Å². The van der Waals surface area contributed by atoms with Crippen LogP contribution in [0.15, 0.2) is 66.9 Å². The lowest BCUT2D eigenvalue weighted by atomic mass is 9.99. The molecule has 2 aliphatic heterocycles. The molecule has 1 atom stereocenters. The van der Waals surface area contributed by atoms with Crippen LogP contribution in [0.5, 0.6) is 0 Å². The van der Waals surface area contributed by atoms with Crippen molar-refractivity contribution in [2.24, 2.45) is 5.92 Å². The second-order valence-electron chi connectivity index (χ2n) is 11.0. The fourth-order valence-corrected chi connectivity index (χ4v) is 5.53. The highest BCUT2D eigenvalue weighted by molar-refractivity contribution is 6.01. The maximum absolute atomic E-state index is 13.3. The minimum atomic E-state index is -0.144. The number of H-pyrrole nitrogens is 1. The van der Waals surface area contributed by atoms with Gasteiger partial charge < -0.3 is 15.0 Å². The Kier molecular flexibility index (Phi) is 7.30. The SMILES string of the molecule is CC(C)C[C@H](NC(=O)c1ccc2[nH]nc(-c3ccc(N4CCN(C5COC5)CC4)cc3)c2c1)c1ccccn1. The number of piperazine rings is 1. The van der Waals surface area contributed by atoms with E-state index < -0.39 is 0 Å². The number of carbonyl (C=O) groups is 1. The molecule has 2 aromatic carbocycles. The molecule has 2 fully saturated rings. The molecular weight excluding hydrogens is 488 g/mol. The van der Waals surface area contributed by atoms with Gasteiger partial charge in [0, 0.05) is 54.6 Å². The van der Waals surface area contributed by atoms with Crippen molar-refractivity contribution in [2.45, 2.75) is 32.4 Å². The number of fused-ring (bicyclic) bond motifs is 1. The average molecular weight is 525 g/mol. The van der Waals surface area contributed by atoms with Crippen molar-refractivity contribution in [3.8, 4) is 11.3 Å². The lowest BCUT2D eigenvalue weighted by Gasteiger charge is -2.43. The van der Waals surface area contributed by atoms with E-state index in [0.29, 0.717) is 17.5 Å². The lowest BCUT2D eigenvalue weighted by Crippen LogP contribution is -2.56. The van der Waals surface area contributed by atoms with Crippen LogP contribution in [0.3, 0.4) is 0 Å². The highest BCUT2D eigenvalue weighted by Crippen LogP contribution is 2.30. The molecular formula is C31H36N6O2. The van der Waals surface area contributed by atoms with Crippen LogP contribution in [0.1, 0.15) is 42.4 Å². The van der Waals surface area contributed by atoms with Crippen molar-refractivity contribution in [3.63, 3.8) is 0 Å². The Hall–Kier alpha value is -3.75. The summed E-state index contributed by atoms with van der Waals surface area (Å²) in [5.74, 6) is 0.313. The van der Waals surface area contributed by atoms with E-state index in [1.807, 2.05) is 36.4 Å². The third kappa shape index (κ3) is 5.53. The maximum Gasteiger partial charge on any atom is 0.251 e. The number of aromatic nitrogens is 3. The van der Waals surface area contributed by atoms with Crippen molar-refractivity contribution in [1.82, 2.24) is 25.4 Å². The zero-order valence-corrected chi connectivity index (χ0v) is 22.6. The van der Waals surface area contributed by atoms with Crippen LogP contribution in [0, 0.1) is 5.92 Å². The minimum Gasteiger partial charge on any atom is -0.378 e. The van der Waals surface area contributed by atoms with Crippen LogP contribution in [-0.4, -0.2) is 71.4 Å². The first-order chi connectivity index (χ1) is 19.0. The number of pyridine rings is 1. The number of hydrogen-bond donors (Lipinski definition) is 2. The lowest BCUT2D eigenvalue weighted by molar-refractivity contribution is -0.0660. The van der Waals surface area contributed by atoms with Gasteiger partial charge in [-0.25, -0.2) is 0 Å². The van der Waals surface area contributed by atoms with Crippen LogP contribution in [-0.2, 0) is 4.74 Å². The van der Waals surface area contributed by atoms with E-state index in [4.69, 9.17) is 4.74 Å². The normalized spacial score (nSPS) is 17.4. The summed E-state index contributed by atoms with van der Waals surface area (Å²) in [5, 5.41) is 11.9. The molecule has 0 bridgehead atoms. The number of ether oxygens (including phenoxy) is 1. The summed E-state index contributed by atoms with van der Waals surface area (Å²) in [6.45, 7) is 10.2. The molecule has 8 nitrogen and oxygen atoms in total. The number of aromatic amines is 1. The number of rotatable bonds is 8. The van der Waals surface area contributed by atoms with Crippen molar-refractivity contribution in [3.05, 3.63) is 78.1 Å². The largest absolute Gasteiger partial charge is 0.378 e. The molecule has 0 spiro atoms. The first-order valence-corrected chi connectivity index (χ1v) is 13.9. The summed E-state index contributed by atoms with van der Waals surface area (Å²) >= 11 is 0. The van der Waals surface area contributed by atoms with E-state index in [1.165, 1.54) is 5.69 Å². The number of nitrogens with zero attached hydrogens (tertiary/aromatic N) is 4. The number of amides is 1. The van der Waals surface area contributed by atoms with Gasteiger partial charge in [0.2, 0.25) is 0 Å². The fraction of sp³-hybridized carbons (Fsp3) is 0.387. The number of benzene rings is 2. The molecule has 6 rings (SSSR count). The summed E-state index contributed by atoms with van der Waals surface area (Å²) in [6.07, 6.45) is 2.59. The van der Waals surface area contributed by atoms with Gasteiger partial charge in [-0.2, -0.15) is 5.10 Å². The van der Waals surface area contributed by atoms with Gasteiger partial charge in [-0.15, -0.1) is 0 Å². The van der Waals surface area contributed by atoms with Gasteiger partial charge in [0.25, 0.3) is 5.91 Å². The Balaban J connectivity index is 1.18. The van der Waals surface area contributed by atoms with Crippen LogP contribution in [0.4, 0.5) is 5.69 Å². The second-order valence-corrected chi connectivity index (χ2v) is 11.0. The van der Waals surface area contributed by atoms with Gasteiger partial charge in [0.1, 0.15) is 0 Å². The Labute approximate surface area is 229 Å². The summed E-state index contributed by atoms with van der Waals surface area (Å²) in [4.78, 5) is 22.8. The molecule has 0 unspecified atom stereocenters. The predicted octanol–water partition coefficient (Wildman–Crippen LogP) is 4.66. The van der Waals surface area contributed by atoms with E-state index in [-0.39, 0.29) is 11.9 Å². The molecule has 0 saturated carbocycles. The first-order valence-electron chi connectivity index (χ1n) is 13.9. The van der Waals surface area contributed by atoms with Crippen LogP contribution in [0.2, 0.25) is 0 Å². The van der Waals surface area contributed by atoms with E-state index in [9.17, 15) is 4.79 Å². The van der Waals surface area contributed by atoms with Gasteiger partial charge in [-0.1, -0.05) is 32.0 Å². The zero-order valence-electron chi connectivity index (χ0n) is 22.6. The summed E-state index contributed by atoms with van der Waals surface area (Å²) in [5.41, 5.74) is 5.51. The van der Waals surface area contributed by atoms with Crippen molar-refractivity contribution in [2.75, 3.05) is 44.3 Å². The summed E-state index contributed by atoms with van der Waals surface area (Å²) in [6, 6.07) is 20.6. The topological polar surface area (TPSA) is 86.4 Å². The molecule has 2 N–H and O–H groups in total. The number of carbonyl (C=O) groups excluding carboxylic acids is 1. The van der Waals surface area contributed by atoms with Crippen molar-refractivity contribution >= 4 is 22.5 Å². The molecule has 2 saturated heterocycles. The van der Waals surface area contributed by atoms with E-state index in [0.717, 1.165) is 73.7 Å². The number of hydrogen-bond acceptors (Lipinski definition) is 6. The molecule has 0 aliphatic carbocycles. The quantitative estimate of drug-likeness (QED) is 0.349. The summed E-state index contributed by atoms with van der Waals surface area (Å²) in [7, 11) is 0. The highest BCUT2D eigenvalue weighted by atomic mass is 16.5. The molecule has 202 valence electrons. The number of nitrogens with one attached hydrogen (secondary N) is 2. The second kappa shape index (κ2) is 11.2. The Bertz CT molecular complexity index is 1410. The molecule has 2 aromatic heterocycles. The maximum atomic E-state index is 13.3.